The van der Waals surface area contributed by atoms with Gasteiger partial charge in [0.1, 0.15) is 35.4 Å². The molecule has 2 heterocycles. The predicted molar refractivity (Wildman–Crippen MR) is 87.7 cm³/mol. The van der Waals surface area contributed by atoms with Crippen molar-refractivity contribution in [2.45, 2.75) is 11.7 Å². The highest BCUT2D eigenvalue weighted by Gasteiger charge is 2.29. The minimum absolute atomic E-state index is 0.00544. The molecule has 1 fully saturated rings. The van der Waals surface area contributed by atoms with Crippen LogP contribution in [0, 0.1) is 0 Å². The molecule has 0 radical (unpaired) electrons. The fourth-order valence-corrected chi connectivity index (χ4v) is 3.18. The molecular weight excluding hydrogens is 334 g/mol. The number of phenolic OH excluding ortho intramolecular Hbond substituents is 1. The van der Waals surface area contributed by atoms with Gasteiger partial charge in [-0.05, 0) is 18.2 Å². The molecule has 0 amide bonds. The summed E-state index contributed by atoms with van der Waals surface area (Å²) in [7, 11) is 0. The van der Waals surface area contributed by atoms with E-state index in [0.29, 0.717) is 5.75 Å². The zero-order valence-corrected chi connectivity index (χ0v) is 13.3. The number of esters is 1. The number of thioether (sulfide) groups is 1. The van der Waals surface area contributed by atoms with Crippen LogP contribution in [0.25, 0.3) is 0 Å². The van der Waals surface area contributed by atoms with Gasteiger partial charge in [-0.2, -0.15) is 4.98 Å². The number of para-hydroxylation sites is 1. The predicted octanol–water partition coefficient (Wildman–Crippen LogP) is 0.976. The highest BCUT2D eigenvalue weighted by atomic mass is 32.2. The van der Waals surface area contributed by atoms with Crippen molar-refractivity contribution in [1.29, 1.82) is 0 Å². The van der Waals surface area contributed by atoms with E-state index in [1.54, 1.807) is 12.1 Å². The number of nitrogen functional groups attached to an aromatic ring is 1. The van der Waals surface area contributed by atoms with E-state index in [4.69, 9.17) is 15.2 Å². The van der Waals surface area contributed by atoms with Crippen LogP contribution in [0.2, 0.25) is 0 Å². The van der Waals surface area contributed by atoms with Gasteiger partial charge in [-0.3, -0.25) is 4.57 Å². The molecule has 2 unspecified atom stereocenters. The first kappa shape index (κ1) is 16.3. The van der Waals surface area contributed by atoms with Gasteiger partial charge in [0.15, 0.2) is 0 Å². The van der Waals surface area contributed by atoms with E-state index in [0.717, 1.165) is 0 Å². The highest BCUT2D eigenvalue weighted by molar-refractivity contribution is 8.00. The molecule has 1 saturated heterocycles. The number of hydrogen-bond donors (Lipinski definition) is 2. The zero-order chi connectivity index (χ0) is 17.1. The van der Waals surface area contributed by atoms with E-state index in [2.05, 4.69) is 4.98 Å². The molecule has 24 heavy (non-hydrogen) atoms. The Morgan fingerprint density at radius 2 is 2.25 bits per heavy atom. The Hall–Kier alpha value is -2.52. The Labute approximate surface area is 141 Å². The van der Waals surface area contributed by atoms with Gasteiger partial charge in [-0.25, -0.2) is 9.59 Å². The van der Waals surface area contributed by atoms with Gasteiger partial charge in [0.25, 0.3) is 0 Å². The number of rotatable bonds is 4. The minimum atomic E-state index is -0.632. The first-order valence-electron chi connectivity index (χ1n) is 7.11. The Morgan fingerprint density at radius 3 is 3.00 bits per heavy atom. The second-order valence-corrected chi connectivity index (χ2v) is 6.20. The van der Waals surface area contributed by atoms with Crippen molar-refractivity contribution in [3.8, 4) is 5.75 Å². The molecule has 8 nitrogen and oxygen atoms in total. The van der Waals surface area contributed by atoms with E-state index in [1.165, 1.54) is 40.7 Å². The molecule has 1 aliphatic heterocycles. The molecule has 1 aliphatic rings. The number of nitrogens with zero attached hydrogens (tertiary/aromatic N) is 2. The summed E-state index contributed by atoms with van der Waals surface area (Å²) in [5.41, 5.74) is 4.65. The molecule has 9 heteroatoms. The number of hydrogen-bond acceptors (Lipinski definition) is 8. The van der Waals surface area contributed by atoms with Crippen LogP contribution in [0.4, 0.5) is 5.82 Å². The molecule has 126 valence electrons. The van der Waals surface area contributed by atoms with Crippen LogP contribution in [0.15, 0.2) is 41.3 Å². The van der Waals surface area contributed by atoms with Crippen molar-refractivity contribution >= 4 is 23.5 Å². The standard InChI is InChI=1S/C15H15N3O5S/c16-11-5-6-18(15(21)17-11)12-8-24-13(23-12)7-22-14(20)9-3-1-2-4-10(9)19/h1-6,12-13,19H,7-8H2,(H2,16,17,21). The number of phenols is 1. The third-order valence-electron chi connectivity index (χ3n) is 3.37. The Bertz CT molecular complexity index is 810. The van der Waals surface area contributed by atoms with Crippen molar-refractivity contribution in [2.75, 3.05) is 18.1 Å². The number of carbonyl (C=O) groups excluding carboxylic acids is 1. The maximum Gasteiger partial charge on any atom is 0.351 e. The van der Waals surface area contributed by atoms with Gasteiger partial charge in [0, 0.05) is 11.9 Å². The zero-order valence-electron chi connectivity index (χ0n) is 12.5. The van der Waals surface area contributed by atoms with Crippen molar-refractivity contribution in [1.82, 2.24) is 9.55 Å². The number of nitrogens with two attached hydrogens (primary N) is 1. The molecule has 2 aromatic rings. The number of ether oxygens (including phenoxy) is 2. The van der Waals surface area contributed by atoms with Crippen molar-refractivity contribution < 1.29 is 19.4 Å². The largest absolute Gasteiger partial charge is 0.507 e. The van der Waals surface area contributed by atoms with Crippen LogP contribution in [-0.2, 0) is 9.47 Å². The third-order valence-corrected chi connectivity index (χ3v) is 4.47. The lowest BCUT2D eigenvalue weighted by Gasteiger charge is -2.14. The van der Waals surface area contributed by atoms with Crippen LogP contribution in [0.5, 0.6) is 5.75 Å². The summed E-state index contributed by atoms with van der Waals surface area (Å²) in [6.07, 6.45) is 1.02. The summed E-state index contributed by atoms with van der Waals surface area (Å²) >= 11 is 1.42. The summed E-state index contributed by atoms with van der Waals surface area (Å²) in [5.74, 6) is -0.105. The molecule has 3 rings (SSSR count). The topological polar surface area (TPSA) is 117 Å². The van der Waals surface area contributed by atoms with Gasteiger partial charge in [0.05, 0.1) is 0 Å². The molecule has 0 aliphatic carbocycles. The van der Waals surface area contributed by atoms with Crippen LogP contribution < -0.4 is 11.4 Å². The number of aromatic hydroxyl groups is 1. The van der Waals surface area contributed by atoms with Crippen LogP contribution in [0.1, 0.15) is 16.6 Å². The minimum Gasteiger partial charge on any atom is -0.507 e. The number of aromatic nitrogens is 2. The van der Waals surface area contributed by atoms with E-state index in [9.17, 15) is 14.7 Å². The van der Waals surface area contributed by atoms with E-state index < -0.39 is 23.3 Å². The van der Waals surface area contributed by atoms with E-state index in [-0.39, 0.29) is 23.7 Å². The first-order valence-corrected chi connectivity index (χ1v) is 8.16. The average molecular weight is 349 g/mol. The van der Waals surface area contributed by atoms with Crippen molar-refractivity contribution in [2.24, 2.45) is 0 Å². The quantitative estimate of drug-likeness (QED) is 0.785. The summed E-state index contributed by atoms with van der Waals surface area (Å²) < 4.78 is 12.2. The van der Waals surface area contributed by atoms with E-state index in [1.807, 2.05) is 0 Å². The normalized spacial score (nSPS) is 20.0. The van der Waals surface area contributed by atoms with Crippen LogP contribution >= 0.6 is 11.8 Å². The molecule has 1 aromatic carbocycles. The number of benzene rings is 1. The molecular formula is C15H15N3O5S. The second kappa shape index (κ2) is 6.93. The SMILES string of the molecule is Nc1ccn(C2CSC(COC(=O)c3ccccc3O)O2)c(=O)n1. The lowest BCUT2D eigenvalue weighted by molar-refractivity contribution is -0.0178. The molecule has 2 atom stereocenters. The second-order valence-electron chi connectivity index (χ2n) is 5.01. The Balaban J connectivity index is 1.58. The number of anilines is 1. The fourth-order valence-electron chi connectivity index (χ4n) is 2.19. The molecule has 1 aromatic heterocycles. The maximum atomic E-state index is 11.9. The molecule has 0 saturated carbocycles. The lowest BCUT2D eigenvalue weighted by Crippen LogP contribution is -2.29. The van der Waals surface area contributed by atoms with Gasteiger partial charge < -0.3 is 20.3 Å². The fraction of sp³-hybridized carbons (Fsp3) is 0.267. The lowest BCUT2D eigenvalue weighted by atomic mass is 10.2. The Kier molecular flexibility index (Phi) is 4.72. The van der Waals surface area contributed by atoms with Gasteiger partial charge in [-0.1, -0.05) is 12.1 Å². The Morgan fingerprint density at radius 1 is 1.46 bits per heavy atom. The summed E-state index contributed by atoms with van der Waals surface area (Å²) in [6, 6.07) is 7.65. The molecule has 3 N–H and O–H groups in total. The third kappa shape index (κ3) is 3.52. The monoisotopic (exact) mass is 349 g/mol. The molecule has 0 spiro atoms. The van der Waals surface area contributed by atoms with Gasteiger partial charge in [-0.15, -0.1) is 11.8 Å². The van der Waals surface area contributed by atoms with Gasteiger partial charge in [0.2, 0.25) is 0 Å². The summed E-state index contributed by atoms with van der Waals surface area (Å²) in [6.45, 7) is 0.00544. The average Bonchev–Trinajstić information content (AvgIpc) is 3.01. The highest BCUT2D eigenvalue weighted by Crippen LogP contribution is 2.31. The van der Waals surface area contributed by atoms with Crippen molar-refractivity contribution in [3.05, 3.63) is 52.6 Å². The van der Waals surface area contributed by atoms with Crippen LogP contribution in [0.3, 0.4) is 0 Å². The summed E-state index contributed by atoms with van der Waals surface area (Å²) in [4.78, 5) is 27.4. The van der Waals surface area contributed by atoms with Gasteiger partial charge >= 0.3 is 11.7 Å². The summed E-state index contributed by atoms with van der Waals surface area (Å²) in [5, 5.41) is 9.62. The number of carbonyl (C=O) groups is 1. The smallest absolute Gasteiger partial charge is 0.351 e. The first-order chi connectivity index (χ1) is 11.5. The van der Waals surface area contributed by atoms with E-state index >= 15 is 0 Å². The maximum absolute atomic E-state index is 11.9. The molecule has 0 bridgehead atoms. The van der Waals surface area contributed by atoms with Crippen molar-refractivity contribution in [3.63, 3.8) is 0 Å². The van der Waals surface area contributed by atoms with Crippen LogP contribution in [-0.4, -0.2) is 38.4 Å².